The highest BCUT2D eigenvalue weighted by molar-refractivity contribution is 8.00. The molecule has 0 aromatic rings. The van der Waals surface area contributed by atoms with Gasteiger partial charge in [0.15, 0.2) is 0 Å². The first-order valence-corrected chi connectivity index (χ1v) is 11.3. The van der Waals surface area contributed by atoms with Crippen molar-refractivity contribution in [3.8, 4) is 0 Å². The zero-order valence-corrected chi connectivity index (χ0v) is 14.0. The van der Waals surface area contributed by atoms with Crippen molar-refractivity contribution in [2.45, 2.75) is 39.8 Å². The molecule has 0 bridgehead atoms. The molecule has 0 N–H and O–H groups in total. The zero-order valence-electron chi connectivity index (χ0n) is 12.2. The van der Waals surface area contributed by atoms with Crippen LogP contribution in [0.1, 0.15) is 34.6 Å². The Morgan fingerprint density at radius 3 is 1.75 bits per heavy atom. The van der Waals surface area contributed by atoms with E-state index in [1.807, 2.05) is 0 Å². The Hall–Kier alpha value is 0.990. The van der Waals surface area contributed by atoms with Gasteiger partial charge in [-0.25, -0.2) is 0 Å². The molecule has 4 radical (unpaired) electrons. The van der Waals surface area contributed by atoms with E-state index in [1.54, 1.807) is 0 Å². The van der Waals surface area contributed by atoms with E-state index in [1.165, 1.54) is 6.16 Å². The Kier molecular flexibility index (Phi) is 6.11. The summed E-state index contributed by atoms with van der Waals surface area (Å²) in [6.07, 6.45) is 3.49. The molecule has 0 amide bonds. The summed E-state index contributed by atoms with van der Waals surface area (Å²) in [4.78, 5) is 0. The quantitative estimate of drug-likeness (QED) is 0.516. The molecule has 0 saturated carbocycles. The van der Waals surface area contributed by atoms with Gasteiger partial charge >= 0.3 is 15.1 Å². The van der Waals surface area contributed by atoms with Crippen LogP contribution >= 0.6 is 14.3 Å². The van der Waals surface area contributed by atoms with Gasteiger partial charge in [-0.05, 0) is 41.0 Å². The first-order valence-electron chi connectivity index (χ1n) is 6.15. The molecule has 0 aliphatic heterocycles. The Bertz CT molecular complexity index is 218. The predicted molar refractivity (Wildman–Crippen MR) is 86.4 cm³/mol. The summed E-state index contributed by atoms with van der Waals surface area (Å²) in [6, 6.07) is 0. The molecule has 0 spiro atoms. The fourth-order valence-corrected chi connectivity index (χ4v) is 7.71. The van der Waals surface area contributed by atoms with Crippen LogP contribution in [0.2, 0.25) is 0 Å². The first kappa shape index (κ1) is 17.0. The van der Waals surface area contributed by atoms with Gasteiger partial charge in [-0.2, -0.15) is 0 Å². The molecule has 0 rings (SSSR count). The van der Waals surface area contributed by atoms with Gasteiger partial charge in [-0.1, -0.05) is 13.8 Å². The van der Waals surface area contributed by atoms with Gasteiger partial charge in [-0.3, -0.25) is 0 Å². The SMILES string of the molecule is [B][P+](C)(CC[P+]([B])(C)C(C)(C)C)CC(C)C. The van der Waals surface area contributed by atoms with Crippen LogP contribution < -0.4 is 0 Å². The van der Waals surface area contributed by atoms with Crippen molar-refractivity contribution in [3.05, 3.63) is 0 Å². The Morgan fingerprint density at radius 1 is 1.00 bits per heavy atom. The average molecular weight is 256 g/mol. The maximum Gasteiger partial charge on any atom is 0.365 e. The fraction of sp³-hybridized carbons (Fsp3) is 1.00. The van der Waals surface area contributed by atoms with Gasteiger partial charge in [0.2, 0.25) is 0 Å². The minimum Gasteiger partial charge on any atom is -0.0594 e. The molecule has 0 heterocycles. The third-order valence-corrected chi connectivity index (χ3v) is 10.8. The van der Waals surface area contributed by atoms with Crippen molar-refractivity contribution in [2.24, 2.45) is 5.92 Å². The lowest BCUT2D eigenvalue weighted by Gasteiger charge is -2.34. The zero-order chi connectivity index (χ0) is 13.2. The molecule has 0 aromatic heterocycles. The summed E-state index contributed by atoms with van der Waals surface area (Å²) < 4.78 is 0. The standard InChI is InChI=1S/C12H28B2P2/c1-11(2)10-15(6,13)8-9-16(7,14)12(3,4)5/h11H,8-10H2,1-7H3/q+2. The van der Waals surface area contributed by atoms with Gasteiger partial charge in [-0.15, -0.1) is 0 Å². The number of hydrogen-bond donors (Lipinski definition) is 0. The van der Waals surface area contributed by atoms with E-state index in [0.717, 1.165) is 12.3 Å². The molecule has 90 valence electrons. The molecule has 0 aromatic carbocycles. The van der Waals surface area contributed by atoms with Crippen LogP contribution in [0.4, 0.5) is 0 Å². The van der Waals surface area contributed by atoms with Gasteiger partial charge in [0.05, 0.1) is 17.5 Å². The van der Waals surface area contributed by atoms with Crippen molar-refractivity contribution in [2.75, 3.05) is 31.8 Å². The van der Waals surface area contributed by atoms with Crippen molar-refractivity contribution >= 4 is 29.4 Å². The molecular weight excluding hydrogens is 228 g/mol. The highest BCUT2D eigenvalue weighted by Crippen LogP contribution is 2.64. The van der Waals surface area contributed by atoms with E-state index < -0.39 is 14.3 Å². The summed E-state index contributed by atoms with van der Waals surface area (Å²) in [5, 5.41) is 0.255. The summed E-state index contributed by atoms with van der Waals surface area (Å²) >= 11 is 0. The van der Waals surface area contributed by atoms with Gasteiger partial charge in [0.1, 0.15) is 0 Å². The van der Waals surface area contributed by atoms with Crippen molar-refractivity contribution < 1.29 is 0 Å². The second-order valence-corrected chi connectivity index (χ2v) is 15.0. The highest BCUT2D eigenvalue weighted by Gasteiger charge is 2.42. The van der Waals surface area contributed by atoms with Crippen LogP contribution in [0.3, 0.4) is 0 Å². The average Bonchev–Trinajstić information content (AvgIpc) is 1.96. The van der Waals surface area contributed by atoms with E-state index in [9.17, 15) is 0 Å². The number of hydrogen-bond acceptors (Lipinski definition) is 0. The molecule has 0 aliphatic carbocycles. The second kappa shape index (κ2) is 5.75. The van der Waals surface area contributed by atoms with Crippen LogP contribution in [0, 0.1) is 5.92 Å². The predicted octanol–water partition coefficient (Wildman–Crippen LogP) is 3.90. The Balaban J connectivity index is 4.34. The summed E-state index contributed by atoms with van der Waals surface area (Å²) in [5.74, 6) is 0.709. The molecule has 16 heavy (non-hydrogen) atoms. The summed E-state index contributed by atoms with van der Waals surface area (Å²) in [7, 11) is 10.4. The first-order chi connectivity index (χ1) is 6.87. The maximum absolute atomic E-state index is 6.51. The third kappa shape index (κ3) is 6.07. The molecule has 2 atom stereocenters. The molecular formula is C12H28B2P2+2. The third-order valence-electron chi connectivity index (χ3n) is 3.39. The van der Waals surface area contributed by atoms with Crippen LogP contribution in [0.5, 0.6) is 0 Å². The monoisotopic (exact) mass is 256 g/mol. The lowest BCUT2D eigenvalue weighted by molar-refractivity contribution is 0.743. The van der Waals surface area contributed by atoms with Crippen LogP contribution in [0.25, 0.3) is 0 Å². The lowest BCUT2D eigenvalue weighted by atomic mass is 10.3. The summed E-state index contributed by atoms with van der Waals surface area (Å²) in [5.41, 5.74) is 0. The van der Waals surface area contributed by atoms with E-state index in [4.69, 9.17) is 15.1 Å². The van der Waals surface area contributed by atoms with E-state index >= 15 is 0 Å². The van der Waals surface area contributed by atoms with Gasteiger partial charge < -0.3 is 0 Å². The molecule has 2 unspecified atom stereocenters. The Morgan fingerprint density at radius 2 is 1.44 bits per heavy atom. The van der Waals surface area contributed by atoms with E-state index in [-0.39, 0.29) is 5.16 Å². The molecule has 0 nitrogen and oxygen atoms in total. The van der Waals surface area contributed by atoms with Gasteiger partial charge in [0.25, 0.3) is 0 Å². The van der Waals surface area contributed by atoms with Crippen molar-refractivity contribution in [1.82, 2.24) is 0 Å². The fourth-order valence-electron chi connectivity index (χ4n) is 1.70. The maximum atomic E-state index is 6.51. The summed E-state index contributed by atoms with van der Waals surface area (Å²) in [6.45, 7) is 15.8. The van der Waals surface area contributed by atoms with Crippen LogP contribution in [-0.2, 0) is 0 Å². The Labute approximate surface area is 107 Å². The van der Waals surface area contributed by atoms with Gasteiger partial charge in [0, 0.05) is 19.5 Å². The molecule has 4 heteroatoms. The highest BCUT2D eigenvalue weighted by atomic mass is 31.2. The minimum absolute atomic E-state index is 0.255. The van der Waals surface area contributed by atoms with Crippen molar-refractivity contribution in [3.63, 3.8) is 0 Å². The normalized spacial score (nSPS) is 20.5. The molecule has 0 aliphatic rings. The number of rotatable bonds is 5. The van der Waals surface area contributed by atoms with E-state index in [0.29, 0.717) is 5.92 Å². The molecule has 0 saturated heterocycles. The second-order valence-electron chi connectivity index (χ2n) is 6.94. The minimum atomic E-state index is -1.32. The van der Waals surface area contributed by atoms with Crippen LogP contribution in [-0.4, -0.2) is 52.1 Å². The van der Waals surface area contributed by atoms with E-state index in [2.05, 4.69) is 47.9 Å². The smallest absolute Gasteiger partial charge is 0.0594 e. The largest absolute Gasteiger partial charge is 0.365 e. The van der Waals surface area contributed by atoms with Crippen molar-refractivity contribution in [1.29, 1.82) is 0 Å². The van der Waals surface area contributed by atoms with Crippen LogP contribution in [0.15, 0.2) is 0 Å². The lowest BCUT2D eigenvalue weighted by Crippen LogP contribution is -2.24. The molecule has 0 fully saturated rings. The topological polar surface area (TPSA) is 0 Å².